The molecule has 0 unspecified atom stereocenters. The molecule has 2 N–H and O–H groups in total. The van der Waals surface area contributed by atoms with Gasteiger partial charge >= 0.3 is 0 Å². The number of aromatic nitrogens is 6. The van der Waals surface area contributed by atoms with E-state index in [1.807, 2.05) is 13.2 Å². The summed E-state index contributed by atoms with van der Waals surface area (Å²) in [6.07, 6.45) is 5.17. The summed E-state index contributed by atoms with van der Waals surface area (Å²) in [4.78, 5) is 14.1. The summed E-state index contributed by atoms with van der Waals surface area (Å²) >= 11 is 0. The summed E-state index contributed by atoms with van der Waals surface area (Å²) in [6, 6.07) is 0. The minimum atomic E-state index is -0.229. The lowest BCUT2D eigenvalue weighted by molar-refractivity contribution is 0.768. The largest absolute Gasteiger partial charge is 0.327 e. The van der Waals surface area contributed by atoms with Crippen molar-refractivity contribution in [3.05, 3.63) is 28.9 Å². The van der Waals surface area contributed by atoms with E-state index in [1.165, 1.54) is 0 Å². The van der Waals surface area contributed by atoms with Gasteiger partial charge in [-0.2, -0.15) is 5.10 Å². The quantitative estimate of drug-likeness (QED) is 0.601. The van der Waals surface area contributed by atoms with Gasteiger partial charge in [0, 0.05) is 30.6 Å². The molecule has 0 aliphatic heterocycles. The molecule has 3 aromatic rings. The summed E-state index contributed by atoms with van der Waals surface area (Å²) in [6.45, 7) is 0. The second kappa shape index (κ2) is 3.02. The Labute approximate surface area is 89.1 Å². The number of fused-ring (bicyclic) bond motifs is 1. The number of aromatic amines is 2. The van der Waals surface area contributed by atoms with Crippen molar-refractivity contribution in [2.45, 2.75) is 0 Å². The van der Waals surface area contributed by atoms with Crippen LogP contribution >= 0.6 is 0 Å². The monoisotopic (exact) mass is 216 g/mol. The maximum Gasteiger partial charge on any atom is 0.275 e. The maximum atomic E-state index is 11.4. The van der Waals surface area contributed by atoms with E-state index in [0.717, 1.165) is 11.1 Å². The van der Waals surface area contributed by atoms with Crippen LogP contribution in [0, 0.1) is 0 Å². The van der Waals surface area contributed by atoms with E-state index in [-0.39, 0.29) is 5.56 Å². The van der Waals surface area contributed by atoms with Gasteiger partial charge in [-0.25, -0.2) is 0 Å². The van der Waals surface area contributed by atoms with Gasteiger partial charge in [0.05, 0.1) is 6.20 Å². The van der Waals surface area contributed by atoms with Crippen molar-refractivity contribution in [2.24, 2.45) is 7.05 Å². The average Bonchev–Trinajstić information content (AvgIpc) is 2.87. The molecule has 0 saturated carbocycles. The molecule has 80 valence electrons. The zero-order valence-electron chi connectivity index (χ0n) is 8.43. The van der Waals surface area contributed by atoms with Crippen LogP contribution < -0.4 is 5.56 Å². The van der Waals surface area contributed by atoms with E-state index in [1.54, 1.807) is 17.1 Å². The molecule has 0 fully saturated rings. The predicted molar refractivity (Wildman–Crippen MR) is 56.7 cm³/mol. The predicted octanol–water partition coefficient (Wildman–Crippen LogP) is 0.0467. The van der Waals surface area contributed by atoms with Gasteiger partial charge in [0.1, 0.15) is 5.52 Å². The molecule has 0 aliphatic rings. The van der Waals surface area contributed by atoms with Gasteiger partial charge in [0.2, 0.25) is 0 Å². The Bertz CT molecular complexity index is 706. The molecule has 0 spiro atoms. The highest BCUT2D eigenvalue weighted by Gasteiger charge is 2.11. The number of nitrogens with zero attached hydrogens (tertiary/aromatic N) is 4. The topological polar surface area (TPSA) is 92.2 Å². The molecule has 16 heavy (non-hydrogen) atoms. The number of nitrogens with one attached hydrogen (secondary N) is 2. The standard InChI is InChI=1S/C9H8N6O/c1-15-4-5(2-11-15)6-3-10-9(16)8-7(6)12-14-13-8/h2-4H,1H3,(H,10,16)(H,12,13,14). The SMILES string of the molecule is Cn1cc(-c2c[nH]c(=O)c3[nH]nnc23)cn1. The first kappa shape index (κ1) is 8.84. The molecule has 0 aliphatic carbocycles. The van der Waals surface area contributed by atoms with Crippen LogP contribution in [0.1, 0.15) is 0 Å². The first-order chi connectivity index (χ1) is 7.75. The average molecular weight is 216 g/mol. The van der Waals surface area contributed by atoms with Crippen LogP contribution in [0.3, 0.4) is 0 Å². The first-order valence-electron chi connectivity index (χ1n) is 4.67. The molecule has 0 radical (unpaired) electrons. The maximum absolute atomic E-state index is 11.4. The zero-order chi connectivity index (χ0) is 11.1. The second-order valence-electron chi connectivity index (χ2n) is 3.47. The van der Waals surface area contributed by atoms with Crippen LogP contribution in [-0.4, -0.2) is 30.2 Å². The van der Waals surface area contributed by atoms with Crippen LogP contribution in [0.4, 0.5) is 0 Å². The highest BCUT2D eigenvalue weighted by Crippen LogP contribution is 2.22. The summed E-state index contributed by atoms with van der Waals surface area (Å²) in [5, 5.41) is 14.2. The van der Waals surface area contributed by atoms with Crippen molar-refractivity contribution < 1.29 is 0 Å². The van der Waals surface area contributed by atoms with Crippen molar-refractivity contribution in [2.75, 3.05) is 0 Å². The van der Waals surface area contributed by atoms with Crippen molar-refractivity contribution in [3.8, 4) is 11.1 Å². The van der Waals surface area contributed by atoms with Crippen molar-refractivity contribution in [1.29, 1.82) is 0 Å². The lowest BCUT2D eigenvalue weighted by Gasteiger charge is -1.96. The van der Waals surface area contributed by atoms with Gasteiger partial charge in [-0.1, -0.05) is 5.21 Å². The molecule has 0 amide bonds. The van der Waals surface area contributed by atoms with Crippen LogP contribution in [0.2, 0.25) is 0 Å². The molecular formula is C9H8N6O. The Morgan fingerprint density at radius 2 is 2.31 bits per heavy atom. The summed E-state index contributed by atoms with van der Waals surface area (Å²) in [7, 11) is 1.83. The van der Waals surface area contributed by atoms with Gasteiger partial charge in [0.25, 0.3) is 5.56 Å². The Balaban J connectivity index is 2.36. The number of H-pyrrole nitrogens is 2. The summed E-state index contributed by atoms with van der Waals surface area (Å²) in [5.74, 6) is 0. The number of pyridine rings is 1. The molecule has 3 rings (SSSR count). The molecule has 0 aromatic carbocycles. The first-order valence-corrected chi connectivity index (χ1v) is 4.67. The van der Waals surface area contributed by atoms with E-state index in [0.29, 0.717) is 11.0 Å². The lowest BCUT2D eigenvalue weighted by atomic mass is 10.1. The molecule has 0 saturated heterocycles. The highest BCUT2D eigenvalue weighted by molar-refractivity contribution is 5.89. The highest BCUT2D eigenvalue weighted by atomic mass is 16.1. The van der Waals surface area contributed by atoms with E-state index in [2.05, 4.69) is 25.5 Å². The number of rotatable bonds is 1. The molecule has 3 heterocycles. The number of aryl methyl sites for hydroxylation is 1. The van der Waals surface area contributed by atoms with E-state index in [9.17, 15) is 4.79 Å². The second-order valence-corrected chi connectivity index (χ2v) is 3.47. The Kier molecular flexibility index (Phi) is 1.67. The lowest BCUT2D eigenvalue weighted by Crippen LogP contribution is -2.05. The summed E-state index contributed by atoms with van der Waals surface area (Å²) in [5.41, 5.74) is 2.39. The van der Waals surface area contributed by atoms with Crippen molar-refractivity contribution in [3.63, 3.8) is 0 Å². The fraction of sp³-hybridized carbons (Fsp3) is 0.111. The third kappa shape index (κ3) is 1.14. The van der Waals surface area contributed by atoms with Crippen LogP contribution in [0.15, 0.2) is 23.4 Å². The van der Waals surface area contributed by atoms with Crippen LogP contribution in [0.5, 0.6) is 0 Å². The minimum absolute atomic E-state index is 0.229. The van der Waals surface area contributed by atoms with E-state index < -0.39 is 0 Å². The minimum Gasteiger partial charge on any atom is -0.327 e. The molecule has 7 nitrogen and oxygen atoms in total. The van der Waals surface area contributed by atoms with Gasteiger partial charge in [-0.05, 0) is 0 Å². The molecule has 7 heteroatoms. The van der Waals surface area contributed by atoms with Gasteiger partial charge in [0.15, 0.2) is 5.52 Å². The van der Waals surface area contributed by atoms with Gasteiger partial charge in [-0.15, -0.1) is 5.10 Å². The van der Waals surface area contributed by atoms with Crippen LogP contribution in [0.25, 0.3) is 22.2 Å². The smallest absolute Gasteiger partial charge is 0.275 e. The Morgan fingerprint density at radius 1 is 1.44 bits per heavy atom. The van der Waals surface area contributed by atoms with Crippen molar-refractivity contribution >= 4 is 11.0 Å². The zero-order valence-corrected chi connectivity index (χ0v) is 8.43. The van der Waals surface area contributed by atoms with E-state index in [4.69, 9.17) is 0 Å². The molecule has 0 atom stereocenters. The fourth-order valence-corrected chi connectivity index (χ4v) is 1.63. The third-order valence-corrected chi connectivity index (χ3v) is 2.39. The molecule has 0 bridgehead atoms. The fourth-order valence-electron chi connectivity index (χ4n) is 1.63. The Morgan fingerprint density at radius 3 is 3.06 bits per heavy atom. The third-order valence-electron chi connectivity index (χ3n) is 2.39. The van der Waals surface area contributed by atoms with Crippen molar-refractivity contribution in [1.82, 2.24) is 30.2 Å². The number of hydrogen-bond donors (Lipinski definition) is 2. The summed E-state index contributed by atoms with van der Waals surface area (Å²) < 4.78 is 1.69. The Hall–Kier alpha value is -2.44. The van der Waals surface area contributed by atoms with Crippen LogP contribution in [-0.2, 0) is 7.05 Å². The number of hydrogen-bond acceptors (Lipinski definition) is 4. The van der Waals surface area contributed by atoms with Gasteiger partial charge < -0.3 is 4.98 Å². The normalized spacial score (nSPS) is 11.1. The van der Waals surface area contributed by atoms with E-state index >= 15 is 0 Å². The molecule has 3 aromatic heterocycles. The van der Waals surface area contributed by atoms with Gasteiger partial charge in [-0.3, -0.25) is 14.6 Å². The molecular weight excluding hydrogens is 208 g/mol.